The highest BCUT2D eigenvalue weighted by Gasteiger charge is 2.19. The van der Waals surface area contributed by atoms with E-state index in [1.54, 1.807) is 7.11 Å². The lowest BCUT2D eigenvalue weighted by Gasteiger charge is -2.17. The van der Waals surface area contributed by atoms with Gasteiger partial charge in [-0.1, -0.05) is 19.0 Å². The van der Waals surface area contributed by atoms with E-state index in [-0.39, 0.29) is 6.10 Å². The lowest BCUT2D eigenvalue weighted by molar-refractivity contribution is 0.161. The fourth-order valence-electron chi connectivity index (χ4n) is 2.83. The topological polar surface area (TPSA) is 83.1 Å². The fraction of sp³-hybridized carbons (Fsp3) is 0.556. The molecule has 1 fully saturated rings. The zero-order valence-electron chi connectivity index (χ0n) is 14.6. The molecule has 1 aromatic rings. The molecular weight excluding hydrogens is 308 g/mol. The van der Waals surface area contributed by atoms with E-state index in [9.17, 15) is 4.79 Å². The maximum atomic E-state index is 10.9. The van der Waals surface area contributed by atoms with Crippen molar-refractivity contribution in [3.63, 3.8) is 0 Å². The van der Waals surface area contributed by atoms with Crippen LogP contribution >= 0.6 is 0 Å². The van der Waals surface area contributed by atoms with Crippen molar-refractivity contribution in [1.82, 2.24) is 0 Å². The number of carbonyl (C=O) groups excluding carboxylic acids is 1. The SMILES string of the molecule is COc1ccc(C(CC(C)C)=NOC(N)=O)cc1OC1CCCC1. The second-order valence-corrected chi connectivity index (χ2v) is 6.44. The molecule has 1 amide bonds. The number of benzene rings is 1. The minimum atomic E-state index is -0.924. The average Bonchev–Trinajstić information content (AvgIpc) is 3.04. The third-order valence-electron chi connectivity index (χ3n) is 3.94. The van der Waals surface area contributed by atoms with Crippen LogP contribution in [0.5, 0.6) is 11.5 Å². The highest BCUT2D eigenvalue weighted by molar-refractivity contribution is 6.01. The molecule has 0 saturated heterocycles. The Hall–Kier alpha value is -2.24. The molecule has 0 bridgehead atoms. The van der Waals surface area contributed by atoms with Gasteiger partial charge in [0.25, 0.3) is 0 Å². The quantitative estimate of drug-likeness (QED) is 0.466. The molecule has 1 aromatic carbocycles. The summed E-state index contributed by atoms with van der Waals surface area (Å²) in [6.07, 6.45) is 4.46. The van der Waals surface area contributed by atoms with E-state index in [0.29, 0.717) is 29.5 Å². The summed E-state index contributed by atoms with van der Waals surface area (Å²) in [6.45, 7) is 4.14. The second-order valence-electron chi connectivity index (χ2n) is 6.44. The van der Waals surface area contributed by atoms with Gasteiger partial charge in [-0.3, -0.25) is 4.84 Å². The second kappa shape index (κ2) is 8.57. The first-order valence-electron chi connectivity index (χ1n) is 8.38. The van der Waals surface area contributed by atoms with Gasteiger partial charge in [-0.25, -0.2) is 4.79 Å². The Morgan fingerprint density at radius 1 is 1.29 bits per heavy atom. The van der Waals surface area contributed by atoms with Gasteiger partial charge >= 0.3 is 6.09 Å². The first kappa shape index (κ1) is 18.1. The van der Waals surface area contributed by atoms with E-state index in [1.165, 1.54) is 12.8 Å². The van der Waals surface area contributed by atoms with Crippen molar-refractivity contribution < 1.29 is 19.1 Å². The number of hydrogen-bond acceptors (Lipinski definition) is 5. The summed E-state index contributed by atoms with van der Waals surface area (Å²) in [4.78, 5) is 15.5. The smallest absolute Gasteiger partial charge is 0.430 e. The van der Waals surface area contributed by atoms with Crippen LogP contribution in [0, 0.1) is 5.92 Å². The molecule has 2 rings (SSSR count). The first-order chi connectivity index (χ1) is 11.5. The summed E-state index contributed by atoms with van der Waals surface area (Å²) in [5, 5.41) is 3.91. The Morgan fingerprint density at radius 2 is 2.00 bits per heavy atom. The van der Waals surface area contributed by atoms with Crippen LogP contribution in [0.25, 0.3) is 0 Å². The molecule has 132 valence electrons. The molecule has 1 saturated carbocycles. The van der Waals surface area contributed by atoms with Crippen molar-refractivity contribution in [2.45, 2.75) is 52.1 Å². The number of nitrogens with two attached hydrogens (primary N) is 1. The standard InChI is InChI=1S/C18H26N2O4/c1-12(2)10-15(20-24-18(19)21)13-8-9-16(22-3)17(11-13)23-14-6-4-5-7-14/h8-9,11-12,14H,4-7,10H2,1-3H3,(H2,19,21). The van der Waals surface area contributed by atoms with E-state index < -0.39 is 6.09 Å². The molecule has 1 aliphatic rings. The van der Waals surface area contributed by atoms with Crippen LogP contribution < -0.4 is 15.2 Å². The molecule has 1 aliphatic carbocycles. The number of methoxy groups -OCH3 is 1. The Morgan fingerprint density at radius 3 is 2.58 bits per heavy atom. The lowest BCUT2D eigenvalue weighted by atomic mass is 10.00. The van der Waals surface area contributed by atoms with Gasteiger partial charge in [0.2, 0.25) is 0 Å². The molecule has 6 nitrogen and oxygen atoms in total. The summed E-state index contributed by atoms with van der Waals surface area (Å²) >= 11 is 0. The molecule has 0 heterocycles. The van der Waals surface area contributed by atoms with Crippen LogP contribution in [0.15, 0.2) is 23.4 Å². The summed E-state index contributed by atoms with van der Waals surface area (Å²) < 4.78 is 11.5. The maximum absolute atomic E-state index is 10.9. The largest absolute Gasteiger partial charge is 0.493 e. The molecule has 0 unspecified atom stereocenters. The monoisotopic (exact) mass is 334 g/mol. The Bertz CT molecular complexity index is 593. The van der Waals surface area contributed by atoms with Gasteiger partial charge in [0.1, 0.15) is 0 Å². The molecule has 2 N–H and O–H groups in total. The van der Waals surface area contributed by atoms with Crippen molar-refractivity contribution >= 4 is 11.8 Å². The van der Waals surface area contributed by atoms with Gasteiger partial charge in [-0.05, 0) is 56.2 Å². The van der Waals surface area contributed by atoms with Crippen LogP contribution in [0.3, 0.4) is 0 Å². The maximum Gasteiger partial charge on any atom is 0.430 e. The predicted molar refractivity (Wildman–Crippen MR) is 92.5 cm³/mol. The zero-order chi connectivity index (χ0) is 17.5. The van der Waals surface area contributed by atoms with Crippen molar-refractivity contribution in [1.29, 1.82) is 0 Å². The normalized spacial score (nSPS) is 15.6. The Kier molecular flexibility index (Phi) is 6.46. The van der Waals surface area contributed by atoms with Crippen LogP contribution in [-0.4, -0.2) is 25.0 Å². The van der Waals surface area contributed by atoms with Crippen LogP contribution in [0.4, 0.5) is 4.79 Å². The minimum absolute atomic E-state index is 0.224. The summed E-state index contributed by atoms with van der Waals surface area (Å²) in [5.41, 5.74) is 6.51. The number of carbonyl (C=O) groups is 1. The summed E-state index contributed by atoms with van der Waals surface area (Å²) in [5.74, 6) is 1.73. The predicted octanol–water partition coefficient (Wildman–Crippen LogP) is 3.86. The van der Waals surface area contributed by atoms with Crippen molar-refractivity contribution in [3.8, 4) is 11.5 Å². The summed E-state index contributed by atoms with van der Waals surface area (Å²) in [7, 11) is 1.62. The van der Waals surface area contributed by atoms with Gasteiger partial charge < -0.3 is 15.2 Å². The highest BCUT2D eigenvalue weighted by atomic mass is 16.7. The van der Waals surface area contributed by atoms with Gasteiger partial charge in [-0.2, -0.15) is 0 Å². The van der Waals surface area contributed by atoms with Gasteiger partial charge in [0.05, 0.1) is 18.9 Å². The van der Waals surface area contributed by atoms with E-state index in [1.807, 2.05) is 18.2 Å². The van der Waals surface area contributed by atoms with Crippen molar-refractivity contribution in [2.24, 2.45) is 16.8 Å². The minimum Gasteiger partial charge on any atom is -0.493 e. The number of ether oxygens (including phenoxy) is 2. The number of hydrogen-bond donors (Lipinski definition) is 1. The van der Waals surface area contributed by atoms with Gasteiger partial charge in [0, 0.05) is 5.56 Å². The third-order valence-corrected chi connectivity index (χ3v) is 3.94. The molecule has 0 radical (unpaired) electrons. The molecule has 0 spiro atoms. The van der Waals surface area contributed by atoms with Crippen LogP contribution in [0.2, 0.25) is 0 Å². The zero-order valence-corrected chi connectivity index (χ0v) is 14.6. The highest BCUT2D eigenvalue weighted by Crippen LogP contribution is 2.33. The third kappa shape index (κ3) is 5.15. The van der Waals surface area contributed by atoms with E-state index in [4.69, 9.17) is 15.2 Å². The van der Waals surface area contributed by atoms with Crippen molar-refractivity contribution in [3.05, 3.63) is 23.8 Å². The first-order valence-corrected chi connectivity index (χ1v) is 8.38. The lowest BCUT2D eigenvalue weighted by Crippen LogP contribution is -2.14. The molecular formula is C18H26N2O4. The fourth-order valence-corrected chi connectivity index (χ4v) is 2.83. The molecule has 0 aliphatic heterocycles. The van der Waals surface area contributed by atoms with E-state index >= 15 is 0 Å². The number of primary amides is 1. The number of rotatable bonds is 7. The van der Waals surface area contributed by atoms with E-state index in [0.717, 1.165) is 18.4 Å². The van der Waals surface area contributed by atoms with E-state index in [2.05, 4.69) is 23.8 Å². The Balaban J connectivity index is 2.28. The van der Waals surface area contributed by atoms with Gasteiger partial charge in [0.15, 0.2) is 11.5 Å². The molecule has 24 heavy (non-hydrogen) atoms. The number of oxime groups is 1. The van der Waals surface area contributed by atoms with Crippen LogP contribution in [0.1, 0.15) is 51.5 Å². The molecule has 0 aromatic heterocycles. The average molecular weight is 334 g/mol. The number of nitrogens with zero attached hydrogens (tertiary/aromatic N) is 1. The number of amides is 1. The van der Waals surface area contributed by atoms with Crippen molar-refractivity contribution in [2.75, 3.05) is 7.11 Å². The summed E-state index contributed by atoms with van der Waals surface area (Å²) in [6, 6.07) is 5.62. The molecule has 6 heteroatoms. The molecule has 0 atom stereocenters. The Labute approximate surface area is 142 Å². The van der Waals surface area contributed by atoms with Gasteiger partial charge in [-0.15, -0.1) is 0 Å². The van der Waals surface area contributed by atoms with Crippen LogP contribution in [-0.2, 0) is 4.84 Å².